The zero-order valence-corrected chi connectivity index (χ0v) is 10.4. The Bertz CT molecular complexity index is 653. The number of thiophene rings is 1. The molecule has 5 nitrogen and oxygen atoms in total. The van der Waals surface area contributed by atoms with Crippen LogP contribution in [0.25, 0.3) is 0 Å². The summed E-state index contributed by atoms with van der Waals surface area (Å²) in [7, 11) is 0. The average molecular weight is 251 g/mol. The number of nitrogens with two attached hydrogens (primary N) is 1. The Balaban J connectivity index is 2.55. The zero-order valence-electron chi connectivity index (χ0n) is 9.56. The first-order valence-corrected chi connectivity index (χ1v) is 5.98. The van der Waals surface area contributed by atoms with E-state index in [1.165, 1.54) is 15.5 Å². The summed E-state index contributed by atoms with van der Waals surface area (Å²) in [5.74, 6) is 0.178. The minimum absolute atomic E-state index is 0.178. The third kappa shape index (κ3) is 2.16. The van der Waals surface area contributed by atoms with Crippen LogP contribution in [0.4, 0.5) is 5.82 Å². The van der Waals surface area contributed by atoms with Crippen molar-refractivity contribution in [1.29, 1.82) is 0 Å². The van der Waals surface area contributed by atoms with E-state index in [-0.39, 0.29) is 11.9 Å². The number of nitrogen functional groups attached to an aromatic ring is 1. The Morgan fingerprint density at radius 3 is 2.65 bits per heavy atom. The Morgan fingerprint density at radius 1 is 1.41 bits per heavy atom. The highest BCUT2D eigenvalue weighted by Crippen LogP contribution is 2.25. The molecule has 1 atom stereocenters. The predicted octanol–water partition coefficient (Wildman–Crippen LogP) is 1.10. The Kier molecular flexibility index (Phi) is 2.89. The van der Waals surface area contributed by atoms with E-state index < -0.39 is 11.2 Å². The fourth-order valence-electron chi connectivity index (χ4n) is 1.73. The molecule has 17 heavy (non-hydrogen) atoms. The largest absolute Gasteiger partial charge is 0.385 e. The van der Waals surface area contributed by atoms with Crippen molar-refractivity contribution in [2.45, 2.75) is 19.9 Å². The molecule has 2 heterocycles. The third-order valence-corrected chi connectivity index (χ3v) is 3.74. The van der Waals surface area contributed by atoms with E-state index in [0.717, 1.165) is 4.88 Å². The maximum absolute atomic E-state index is 11.7. The highest BCUT2D eigenvalue weighted by molar-refractivity contribution is 7.12. The van der Waals surface area contributed by atoms with Crippen molar-refractivity contribution in [3.8, 4) is 0 Å². The van der Waals surface area contributed by atoms with Gasteiger partial charge in [0.05, 0.1) is 6.04 Å². The number of hydrogen-bond donors (Lipinski definition) is 2. The maximum Gasteiger partial charge on any atom is 0.330 e. The molecule has 0 fully saturated rings. The SMILES string of the molecule is Cc1ccc(C(C)n2c(N)cc(=O)[nH]c2=O)s1. The lowest BCUT2D eigenvalue weighted by molar-refractivity contribution is 0.613. The van der Waals surface area contributed by atoms with Crippen LogP contribution in [0, 0.1) is 6.92 Å². The molecule has 0 radical (unpaired) electrons. The fourth-order valence-corrected chi connectivity index (χ4v) is 2.65. The summed E-state index contributed by atoms with van der Waals surface area (Å²) in [6.07, 6.45) is 0. The first-order valence-electron chi connectivity index (χ1n) is 5.16. The van der Waals surface area contributed by atoms with Crippen molar-refractivity contribution in [2.24, 2.45) is 0 Å². The van der Waals surface area contributed by atoms with Gasteiger partial charge in [0, 0.05) is 15.8 Å². The molecular formula is C11H13N3O2S. The van der Waals surface area contributed by atoms with Gasteiger partial charge in [-0.15, -0.1) is 11.3 Å². The molecule has 0 saturated carbocycles. The second kappa shape index (κ2) is 4.21. The standard InChI is InChI=1S/C11H13N3O2S/c1-6-3-4-8(17-6)7(2)14-9(12)5-10(15)13-11(14)16/h3-5,7H,12H2,1-2H3,(H,13,15,16). The first kappa shape index (κ1) is 11.7. The molecular weight excluding hydrogens is 238 g/mol. The minimum atomic E-state index is -0.478. The normalized spacial score (nSPS) is 12.6. The topological polar surface area (TPSA) is 80.9 Å². The lowest BCUT2D eigenvalue weighted by Gasteiger charge is -2.15. The van der Waals surface area contributed by atoms with E-state index in [2.05, 4.69) is 4.98 Å². The number of aromatic nitrogens is 2. The van der Waals surface area contributed by atoms with E-state index in [1.54, 1.807) is 11.3 Å². The second-order valence-electron chi connectivity index (χ2n) is 3.86. The summed E-state index contributed by atoms with van der Waals surface area (Å²) >= 11 is 1.60. The van der Waals surface area contributed by atoms with Gasteiger partial charge in [-0.3, -0.25) is 14.3 Å². The Morgan fingerprint density at radius 2 is 2.12 bits per heavy atom. The molecule has 90 valence electrons. The van der Waals surface area contributed by atoms with Crippen molar-refractivity contribution in [1.82, 2.24) is 9.55 Å². The molecule has 0 aromatic carbocycles. The van der Waals surface area contributed by atoms with Crippen LogP contribution in [0.2, 0.25) is 0 Å². The van der Waals surface area contributed by atoms with E-state index in [9.17, 15) is 9.59 Å². The molecule has 0 aliphatic carbocycles. The molecule has 6 heteroatoms. The van der Waals surface area contributed by atoms with E-state index >= 15 is 0 Å². The van der Waals surface area contributed by atoms with E-state index in [1.807, 2.05) is 26.0 Å². The molecule has 0 bridgehead atoms. The van der Waals surface area contributed by atoms with Gasteiger partial charge in [0.15, 0.2) is 0 Å². The van der Waals surface area contributed by atoms with Gasteiger partial charge < -0.3 is 5.73 Å². The van der Waals surface area contributed by atoms with Gasteiger partial charge in [-0.05, 0) is 26.0 Å². The molecule has 2 rings (SSSR count). The third-order valence-electron chi connectivity index (χ3n) is 2.57. The molecule has 0 spiro atoms. The highest BCUT2D eigenvalue weighted by atomic mass is 32.1. The molecule has 0 amide bonds. The quantitative estimate of drug-likeness (QED) is 0.838. The van der Waals surface area contributed by atoms with Gasteiger partial charge in [-0.2, -0.15) is 0 Å². The number of rotatable bonds is 2. The number of hydrogen-bond acceptors (Lipinski definition) is 4. The summed E-state index contributed by atoms with van der Waals surface area (Å²) in [5.41, 5.74) is 4.76. The molecule has 0 saturated heterocycles. The smallest absolute Gasteiger partial charge is 0.330 e. The monoisotopic (exact) mass is 251 g/mol. The number of H-pyrrole nitrogens is 1. The lowest BCUT2D eigenvalue weighted by Crippen LogP contribution is -2.33. The van der Waals surface area contributed by atoms with Gasteiger partial charge >= 0.3 is 5.69 Å². The molecule has 0 aliphatic heterocycles. The van der Waals surface area contributed by atoms with E-state index in [0.29, 0.717) is 0 Å². The van der Waals surface area contributed by atoms with Gasteiger partial charge in [0.1, 0.15) is 5.82 Å². The predicted molar refractivity (Wildman–Crippen MR) is 68.6 cm³/mol. The number of aromatic amines is 1. The summed E-state index contributed by atoms with van der Waals surface area (Å²) in [4.78, 5) is 27.2. The van der Waals surface area contributed by atoms with Crippen molar-refractivity contribution < 1.29 is 0 Å². The number of nitrogens with zero attached hydrogens (tertiary/aromatic N) is 1. The van der Waals surface area contributed by atoms with Crippen LogP contribution < -0.4 is 17.0 Å². The maximum atomic E-state index is 11.7. The number of anilines is 1. The fraction of sp³-hybridized carbons (Fsp3) is 0.273. The van der Waals surface area contributed by atoms with Crippen molar-refractivity contribution in [3.63, 3.8) is 0 Å². The summed E-state index contributed by atoms with van der Waals surface area (Å²) < 4.78 is 1.38. The van der Waals surface area contributed by atoms with Crippen LogP contribution >= 0.6 is 11.3 Å². The van der Waals surface area contributed by atoms with Gasteiger partial charge in [0.25, 0.3) is 5.56 Å². The molecule has 2 aromatic heterocycles. The lowest BCUT2D eigenvalue weighted by atomic mass is 10.2. The van der Waals surface area contributed by atoms with Crippen LogP contribution in [0.1, 0.15) is 22.7 Å². The summed E-state index contributed by atoms with van der Waals surface area (Å²) in [6, 6.07) is 4.99. The van der Waals surface area contributed by atoms with Crippen molar-refractivity contribution >= 4 is 17.2 Å². The summed E-state index contributed by atoms with van der Waals surface area (Å²) in [6.45, 7) is 3.88. The number of aryl methyl sites for hydroxylation is 1. The van der Waals surface area contributed by atoms with E-state index in [4.69, 9.17) is 5.73 Å². The van der Waals surface area contributed by atoms with Gasteiger partial charge in [-0.1, -0.05) is 0 Å². The van der Waals surface area contributed by atoms with Crippen molar-refractivity contribution in [2.75, 3.05) is 5.73 Å². The second-order valence-corrected chi connectivity index (χ2v) is 5.18. The van der Waals surface area contributed by atoms with Crippen LogP contribution in [0.15, 0.2) is 27.8 Å². The van der Waals surface area contributed by atoms with Crippen LogP contribution in [0.3, 0.4) is 0 Å². The van der Waals surface area contributed by atoms with Crippen LogP contribution in [-0.2, 0) is 0 Å². The van der Waals surface area contributed by atoms with Gasteiger partial charge in [0.2, 0.25) is 0 Å². The van der Waals surface area contributed by atoms with Crippen LogP contribution in [0.5, 0.6) is 0 Å². The molecule has 3 N–H and O–H groups in total. The number of nitrogens with one attached hydrogen (secondary N) is 1. The highest BCUT2D eigenvalue weighted by Gasteiger charge is 2.14. The Labute approximate surface area is 102 Å². The Hall–Kier alpha value is -1.82. The average Bonchev–Trinajstić information content (AvgIpc) is 2.63. The van der Waals surface area contributed by atoms with Crippen LogP contribution in [-0.4, -0.2) is 9.55 Å². The van der Waals surface area contributed by atoms with Gasteiger partial charge in [-0.25, -0.2) is 4.79 Å². The van der Waals surface area contributed by atoms with Crippen molar-refractivity contribution in [3.05, 3.63) is 48.8 Å². The summed E-state index contributed by atoms with van der Waals surface area (Å²) in [5, 5.41) is 0. The molecule has 2 aromatic rings. The molecule has 1 unspecified atom stereocenters. The first-order chi connectivity index (χ1) is 7.99. The zero-order chi connectivity index (χ0) is 12.6. The molecule has 0 aliphatic rings. The minimum Gasteiger partial charge on any atom is -0.385 e.